The van der Waals surface area contributed by atoms with Crippen molar-refractivity contribution < 1.29 is 10.2 Å². The van der Waals surface area contributed by atoms with Gasteiger partial charge in [-0.2, -0.15) is 0 Å². The molecule has 0 saturated carbocycles. The van der Waals surface area contributed by atoms with Gasteiger partial charge in [0.05, 0.1) is 0 Å². The number of allylic oxidation sites excluding steroid dienone is 4. The van der Waals surface area contributed by atoms with E-state index in [-0.39, 0.29) is 0 Å². The quantitative estimate of drug-likeness (QED) is 0.388. The Morgan fingerprint density at radius 3 is 2.00 bits per heavy atom. The normalized spacial score (nSPS) is 11.7. The van der Waals surface area contributed by atoms with Gasteiger partial charge < -0.3 is 10.2 Å². The lowest BCUT2D eigenvalue weighted by molar-refractivity contribution is 0.468. The molecular weight excluding hydrogens is 356 g/mol. The highest BCUT2D eigenvalue weighted by Gasteiger charge is 2.14. The Balaban J connectivity index is 2.42. The molecule has 0 spiro atoms. The van der Waals surface area contributed by atoms with Gasteiger partial charge in [0.2, 0.25) is 0 Å². The van der Waals surface area contributed by atoms with Gasteiger partial charge >= 0.3 is 0 Å². The first-order valence-electron chi connectivity index (χ1n) is 11.1. The molecule has 0 aliphatic rings. The maximum absolute atomic E-state index is 10.5. The summed E-state index contributed by atoms with van der Waals surface area (Å²) in [6.07, 6.45) is 16.5. The summed E-state index contributed by atoms with van der Waals surface area (Å²) in [6, 6.07) is 9.69. The largest absolute Gasteiger partial charge is 0.508 e. The summed E-state index contributed by atoms with van der Waals surface area (Å²) < 4.78 is 0. The molecule has 2 aromatic carbocycles. The Kier molecular flexibility index (Phi) is 9.56. The van der Waals surface area contributed by atoms with Crippen molar-refractivity contribution in [1.82, 2.24) is 0 Å². The lowest BCUT2D eigenvalue weighted by Crippen LogP contribution is -1.98. The van der Waals surface area contributed by atoms with E-state index in [1.54, 1.807) is 6.07 Å². The van der Waals surface area contributed by atoms with Gasteiger partial charge in [0, 0.05) is 5.56 Å². The topological polar surface area (TPSA) is 40.5 Å². The minimum absolute atomic E-state index is 0.341. The lowest BCUT2D eigenvalue weighted by atomic mass is 9.89. The monoisotopic (exact) mass is 392 g/mol. The second-order valence-corrected chi connectivity index (χ2v) is 7.61. The van der Waals surface area contributed by atoms with Gasteiger partial charge in [0.15, 0.2) is 0 Å². The van der Waals surface area contributed by atoms with Gasteiger partial charge in [-0.1, -0.05) is 76.5 Å². The predicted molar refractivity (Wildman–Crippen MR) is 125 cm³/mol. The summed E-state index contributed by atoms with van der Waals surface area (Å²) in [7, 11) is 0. The summed E-state index contributed by atoms with van der Waals surface area (Å²) in [4.78, 5) is 0. The smallest absolute Gasteiger partial charge is 0.119 e. The Bertz CT molecular complexity index is 831. The molecule has 0 saturated heterocycles. The highest BCUT2D eigenvalue weighted by molar-refractivity contribution is 5.72. The standard InChI is InChI=1S/C27H36O2/c1-4-7-9-11-14-22-20-21(16-18-26(22)28)23-17-19-27(29)25(24(23)13-6-3)15-12-10-8-5-2/h9-12,16-20,28-29H,4-8,13-15H2,1-3H3. The van der Waals surface area contributed by atoms with Gasteiger partial charge in [-0.15, -0.1) is 0 Å². The zero-order valence-electron chi connectivity index (χ0n) is 18.2. The maximum atomic E-state index is 10.5. The number of benzene rings is 2. The second kappa shape index (κ2) is 12.2. The highest BCUT2D eigenvalue weighted by Crippen LogP contribution is 2.35. The summed E-state index contributed by atoms with van der Waals surface area (Å²) in [5.41, 5.74) is 5.43. The van der Waals surface area contributed by atoms with Crippen molar-refractivity contribution in [1.29, 1.82) is 0 Å². The van der Waals surface area contributed by atoms with E-state index in [1.807, 2.05) is 18.2 Å². The third kappa shape index (κ3) is 6.52. The first-order chi connectivity index (χ1) is 14.1. The van der Waals surface area contributed by atoms with Crippen molar-refractivity contribution in [3.63, 3.8) is 0 Å². The Morgan fingerprint density at radius 2 is 1.34 bits per heavy atom. The molecule has 0 heterocycles. The molecule has 156 valence electrons. The second-order valence-electron chi connectivity index (χ2n) is 7.61. The Morgan fingerprint density at radius 1 is 0.690 bits per heavy atom. The van der Waals surface area contributed by atoms with E-state index in [0.29, 0.717) is 11.5 Å². The molecule has 0 bridgehead atoms. The number of phenols is 2. The average molecular weight is 393 g/mol. The van der Waals surface area contributed by atoms with Gasteiger partial charge in [-0.3, -0.25) is 0 Å². The number of phenolic OH excluding ortho intramolecular Hbond substituents is 2. The van der Waals surface area contributed by atoms with Crippen LogP contribution in [-0.2, 0) is 19.3 Å². The van der Waals surface area contributed by atoms with Crippen LogP contribution in [-0.4, -0.2) is 10.2 Å². The third-order valence-corrected chi connectivity index (χ3v) is 5.20. The van der Waals surface area contributed by atoms with E-state index in [9.17, 15) is 10.2 Å². The fourth-order valence-electron chi connectivity index (χ4n) is 3.61. The lowest BCUT2D eigenvalue weighted by Gasteiger charge is -2.16. The van der Waals surface area contributed by atoms with Gasteiger partial charge in [0.25, 0.3) is 0 Å². The zero-order valence-corrected chi connectivity index (χ0v) is 18.2. The van der Waals surface area contributed by atoms with E-state index in [4.69, 9.17) is 0 Å². The van der Waals surface area contributed by atoms with Crippen LogP contribution in [0.25, 0.3) is 11.1 Å². The van der Waals surface area contributed by atoms with Crippen LogP contribution >= 0.6 is 0 Å². The molecule has 0 fully saturated rings. The molecule has 2 heteroatoms. The van der Waals surface area contributed by atoms with Gasteiger partial charge in [0.1, 0.15) is 11.5 Å². The SMILES string of the molecule is CCCC=CCc1cc(-c2ccc(O)c(CC=CCCC)c2CCC)ccc1O. The molecule has 2 N–H and O–H groups in total. The summed E-state index contributed by atoms with van der Waals surface area (Å²) in [5, 5.41) is 20.8. The molecule has 2 rings (SSSR count). The highest BCUT2D eigenvalue weighted by atomic mass is 16.3. The van der Waals surface area contributed by atoms with E-state index in [0.717, 1.165) is 73.6 Å². The van der Waals surface area contributed by atoms with Crippen molar-refractivity contribution in [3.8, 4) is 22.6 Å². The van der Waals surface area contributed by atoms with Crippen molar-refractivity contribution in [3.05, 3.63) is 71.3 Å². The minimum atomic E-state index is 0.341. The van der Waals surface area contributed by atoms with Gasteiger partial charge in [-0.05, 0) is 72.6 Å². The Hall–Kier alpha value is -2.48. The van der Waals surface area contributed by atoms with E-state index in [2.05, 4.69) is 51.1 Å². The molecule has 0 aliphatic carbocycles. The van der Waals surface area contributed by atoms with Crippen LogP contribution in [0.5, 0.6) is 11.5 Å². The number of hydrogen-bond acceptors (Lipinski definition) is 2. The third-order valence-electron chi connectivity index (χ3n) is 5.20. The minimum Gasteiger partial charge on any atom is -0.508 e. The fourth-order valence-corrected chi connectivity index (χ4v) is 3.61. The van der Waals surface area contributed by atoms with E-state index < -0.39 is 0 Å². The summed E-state index contributed by atoms with van der Waals surface area (Å²) in [5.74, 6) is 0.716. The van der Waals surface area contributed by atoms with E-state index >= 15 is 0 Å². The molecule has 2 aromatic rings. The molecule has 2 nitrogen and oxygen atoms in total. The zero-order chi connectivity index (χ0) is 21.1. The first kappa shape index (κ1) is 22.8. The van der Waals surface area contributed by atoms with Crippen LogP contribution in [0.15, 0.2) is 54.6 Å². The first-order valence-corrected chi connectivity index (χ1v) is 11.1. The summed E-state index contributed by atoms with van der Waals surface area (Å²) >= 11 is 0. The van der Waals surface area contributed by atoms with Crippen LogP contribution in [0.4, 0.5) is 0 Å². The van der Waals surface area contributed by atoms with Crippen molar-refractivity contribution in [2.45, 2.75) is 72.1 Å². The van der Waals surface area contributed by atoms with Crippen molar-refractivity contribution >= 4 is 0 Å². The number of aromatic hydroxyl groups is 2. The van der Waals surface area contributed by atoms with Gasteiger partial charge in [-0.25, -0.2) is 0 Å². The Labute approximate surface area is 176 Å². The number of hydrogen-bond donors (Lipinski definition) is 2. The fraction of sp³-hybridized carbons (Fsp3) is 0.407. The number of unbranched alkanes of at least 4 members (excludes halogenated alkanes) is 2. The molecule has 0 amide bonds. The van der Waals surface area contributed by atoms with Crippen LogP contribution in [0, 0.1) is 0 Å². The van der Waals surface area contributed by atoms with Crippen molar-refractivity contribution in [2.24, 2.45) is 0 Å². The molecule has 0 radical (unpaired) electrons. The number of rotatable bonds is 11. The maximum Gasteiger partial charge on any atom is 0.119 e. The van der Waals surface area contributed by atoms with Crippen LogP contribution < -0.4 is 0 Å². The molecular formula is C27H36O2. The van der Waals surface area contributed by atoms with Crippen LogP contribution in [0.2, 0.25) is 0 Å². The predicted octanol–water partition coefficient (Wildman–Crippen LogP) is 7.51. The summed E-state index contributed by atoms with van der Waals surface area (Å²) in [6.45, 7) is 6.51. The van der Waals surface area contributed by atoms with E-state index in [1.165, 1.54) is 5.56 Å². The van der Waals surface area contributed by atoms with Crippen LogP contribution in [0.1, 0.15) is 69.6 Å². The molecule has 0 aliphatic heterocycles. The molecule has 0 atom stereocenters. The van der Waals surface area contributed by atoms with Crippen molar-refractivity contribution in [2.75, 3.05) is 0 Å². The average Bonchev–Trinajstić information content (AvgIpc) is 2.72. The molecule has 0 unspecified atom stereocenters. The molecule has 29 heavy (non-hydrogen) atoms. The van der Waals surface area contributed by atoms with Crippen LogP contribution in [0.3, 0.4) is 0 Å². The molecule has 0 aromatic heterocycles.